The van der Waals surface area contributed by atoms with Crippen LogP contribution in [0, 0.1) is 0 Å². The Bertz CT molecular complexity index is 433. The van der Waals surface area contributed by atoms with Gasteiger partial charge in [0.25, 0.3) is 0 Å². The van der Waals surface area contributed by atoms with Crippen molar-refractivity contribution in [3.63, 3.8) is 0 Å². The molecule has 1 N–H and O–H groups in total. The zero-order valence-electron chi connectivity index (χ0n) is 12.3. The molecule has 1 heterocycles. The molecule has 0 bridgehead atoms. The number of benzene rings is 1. The first-order valence-electron chi connectivity index (χ1n) is 7.22. The number of hydrogen-bond donors (Lipinski definition) is 1. The predicted molar refractivity (Wildman–Crippen MR) is 79.4 cm³/mol. The molecular formula is C16H24N2O2. The Hall–Kier alpha value is -1.39. The number of carbonyl (C=O) groups is 1. The van der Waals surface area contributed by atoms with Crippen LogP contribution in [0.25, 0.3) is 0 Å². The van der Waals surface area contributed by atoms with Gasteiger partial charge in [-0.25, -0.2) is 0 Å². The Kier molecular flexibility index (Phi) is 5.15. The van der Waals surface area contributed by atoms with E-state index >= 15 is 0 Å². The Balaban J connectivity index is 1.90. The molecule has 1 aliphatic heterocycles. The lowest BCUT2D eigenvalue weighted by molar-refractivity contribution is -0.132. The molecule has 110 valence electrons. The summed E-state index contributed by atoms with van der Waals surface area (Å²) in [6, 6.07) is 10.2. The van der Waals surface area contributed by atoms with Gasteiger partial charge < -0.3 is 14.9 Å². The third kappa shape index (κ3) is 4.05. The Morgan fingerprint density at radius 1 is 1.35 bits per heavy atom. The van der Waals surface area contributed by atoms with Crippen LogP contribution in [0.3, 0.4) is 0 Å². The summed E-state index contributed by atoms with van der Waals surface area (Å²) in [5, 5.41) is 9.80. The molecule has 0 aromatic heterocycles. The van der Waals surface area contributed by atoms with Gasteiger partial charge in [-0.15, -0.1) is 0 Å². The number of aliphatic hydroxyl groups excluding tert-OH is 1. The van der Waals surface area contributed by atoms with Gasteiger partial charge in [0, 0.05) is 25.6 Å². The van der Waals surface area contributed by atoms with Crippen LogP contribution in [0.2, 0.25) is 0 Å². The van der Waals surface area contributed by atoms with Crippen LogP contribution < -0.4 is 0 Å². The second kappa shape index (κ2) is 6.86. The quantitative estimate of drug-likeness (QED) is 0.877. The van der Waals surface area contributed by atoms with Crippen LogP contribution in [-0.4, -0.2) is 60.1 Å². The van der Waals surface area contributed by atoms with Gasteiger partial charge >= 0.3 is 0 Å². The van der Waals surface area contributed by atoms with Gasteiger partial charge in [0.15, 0.2) is 0 Å². The number of aliphatic hydroxyl groups is 1. The molecule has 0 aliphatic carbocycles. The number of amides is 1. The van der Waals surface area contributed by atoms with Crippen LogP contribution in [0.15, 0.2) is 30.3 Å². The average Bonchev–Trinajstić information content (AvgIpc) is 2.77. The van der Waals surface area contributed by atoms with Gasteiger partial charge in [0.05, 0.1) is 6.10 Å². The third-order valence-corrected chi connectivity index (χ3v) is 3.76. The van der Waals surface area contributed by atoms with E-state index in [0.29, 0.717) is 19.4 Å². The second-order valence-corrected chi connectivity index (χ2v) is 5.84. The van der Waals surface area contributed by atoms with Crippen LogP contribution in [0.5, 0.6) is 0 Å². The van der Waals surface area contributed by atoms with E-state index in [9.17, 15) is 9.90 Å². The molecule has 0 spiro atoms. The molecule has 1 aromatic carbocycles. The fraction of sp³-hybridized carbons (Fsp3) is 0.562. The monoisotopic (exact) mass is 276 g/mol. The highest BCUT2D eigenvalue weighted by molar-refractivity contribution is 5.77. The summed E-state index contributed by atoms with van der Waals surface area (Å²) in [7, 11) is 3.99. The topological polar surface area (TPSA) is 43.8 Å². The number of likely N-dealkylation sites (tertiary alicyclic amines) is 1. The second-order valence-electron chi connectivity index (χ2n) is 5.84. The maximum Gasteiger partial charge on any atom is 0.223 e. The van der Waals surface area contributed by atoms with Gasteiger partial charge in [-0.05, 0) is 32.5 Å². The van der Waals surface area contributed by atoms with Crippen molar-refractivity contribution in [1.29, 1.82) is 0 Å². The van der Waals surface area contributed by atoms with Crippen molar-refractivity contribution in [2.24, 2.45) is 0 Å². The minimum absolute atomic E-state index is 0.142. The number of rotatable bonds is 5. The summed E-state index contributed by atoms with van der Waals surface area (Å²) >= 11 is 0. The zero-order valence-corrected chi connectivity index (χ0v) is 12.3. The minimum atomic E-state index is -0.374. The van der Waals surface area contributed by atoms with Crippen molar-refractivity contribution in [2.75, 3.05) is 27.2 Å². The van der Waals surface area contributed by atoms with Crippen LogP contribution in [0.1, 0.15) is 18.4 Å². The molecule has 1 fully saturated rings. The van der Waals surface area contributed by atoms with Crippen LogP contribution in [-0.2, 0) is 11.2 Å². The lowest BCUT2D eigenvalue weighted by Crippen LogP contribution is -2.41. The Morgan fingerprint density at radius 3 is 2.70 bits per heavy atom. The van der Waals surface area contributed by atoms with Gasteiger partial charge in [-0.2, -0.15) is 0 Å². The van der Waals surface area contributed by atoms with Gasteiger partial charge in [-0.3, -0.25) is 4.79 Å². The summed E-state index contributed by atoms with van der Waals surface area (Å²) < 4.78 is 0. The molecule has 4 heteroatoms. The van der Waals surface area contributed by atoms with E-state index in [-0.39, 0.29) is 18.1 Å². The van der Waals surface area contributed by atoms with Crippen molar-refractivity contribution in [1.82, 2.24) is 9.80 Å². The molecule has 1 aliphatic rings. The van der Waals surface area contributed by atoms with Gasteiger partial charge in [0.2, 0.25) is 5.91 Å². The standard InChI is InChI=1S/C16H24N2O2/c1-17(2)11-14-10-15(19)12-18(14)16(20)9-8-13-6-4-3-5-7-13/h3-7,14-15,19H,8-12H2,1-2H3. The first kappa shape index (κ1) is 15.0. The van der Waals surface area contributed by atoms with Crippen LogP contribution in [0.4, 0.5) is 0 Å². The largest absolute Gasteiger partial charge is 0.391 e. The summed E-state index contributed by atoms with van der Waals surface area (Å²) in [6.07, 6.45) is 1.59. The van der Waals surface area contributed by atoms with Crippen molar-refractivity contribution in [3.05, 3.63) is 35.9 Å². The highest BCUT2D eigenvalue weighted by atomic mass is 16.3. The molecule has 1 saturated heterocycles. The third-order valence-electron chi connectivity index (χ3n) is 3.76. The highest BCUT2D eigenvalue weighted by Crippen LogP contribution is 2.20. The Morgan fingerprint density at radius 2 is 2.05 bits per heavy atom. The highest BCUT2D eigenvalue weighted by Gasteiger charge is 2.33. The number of aryl methyl sites for hydroxylation is 1. The van der Waals surface area contributed by atoms with Gasteiger partial charge in [0.1, 0.15) is 0 Å². The van der Waals surface area contributed by atoms with E-state index in [1.165, 1.54) is 5.56 Å². The number of hydrogen-bond acceptors (Lipinski definition) is 3. The van der Waals surface area contributed by atoms with Crippen LogP contribution >= 0.6 is 0 Å². The predicted octanol–water partition coefficient (Wildman–Crippen LogP) is 1.14. The van der Waals surface area contributed by atoms with Crippen molar-refractivity contribution < 1.29 is 9.90 Å². The first-order chi connectivity index (χ1) is 9.56. The molecule has 2 rings (SSSR count). The molecular weight excluding hydrogens is 252 g/mol. The lowest BCUT2D eigenvalue weighted by Gasteiger charge is -2.26. The number of β-amino-alcohol motifs (C(OH)–C–C–N with tert-alkyl or cyclic N) is 1. The smallest absolute Gasteiger partial charge is 0.223 e. The normalized spacial score (nSPS) is 22.5. The van der Waals surface area contributed by atoms with E-state index in [4.69, 9.17) is 0 Å². The first-order valence-corrected chi connectivity index (χ1v) is 7.22. The van der Waals surface area contributed by atoms with E-state index in [1.54, 1.807) is 0 Å². The fourth-order valence-corrected chi connectivity index (χ4v) is 2.83. The number of nitrogens with zero attached hydrogens (tertiary/aromatic N) is 2. The lowest BCUT2D eigenvalue weighted by atomic mass is 10.1. The summed E-state index contributed by atoms with van der Waals surface area (Å²) in [5.74, 6) is 0.150. The number of likely N-dealkylation sites (N-methyl/N-ethyl adjacent to an activating group) is 1. The maximum absolute atomic E-state index is 12.4. The minimum Gasteiger partial charge on any atom is -0.391 e. The average molecular weight is 276 g/mol. The molecule has 0 radical (unpaired) electrons. The molecule has 0 saturated carbocycles. The zero-order chi connectivity index (χ0) is 14.5. The molecule has 4 nitrogen and oxygen atoms in total. The molecule has 2 unspecified atom stereocenters. The maximum atomic E-state index is 12.4. The summed E-state index contributed by atoms with van der Waals surface area (Å²) in [5.41, 5.74) is 1.18. The summed E-state index contributed by atoms with van der Waals surface area (Å²) in [6.45, 7) is 1.29. The SMILES string of the molecule is CN(C)CC1CC(O)CN1C(=O)CCc1ccccc1. The molecule has 1 aromatic rings. The summed E-state index contributed by atoms with van der Waals surface area (Å²) in [4.78, 5) is 16.3. The van der Waals surface area contributed by atoms with Crippen molar-refractivity contribution in [3.8, 4) is 0 Å². The van der Waals surface area contributed by atoms with E-state index in [2.05, 4.69) is 4.90 Å². The molecule has 20 heavy (non-hydrogen) atoms. The van der Waals surface area contributed by atoms with Crippen molar-refractivity contribution >= 4 is 5.91 Å². The van der Waals surface area contributed by atoms with Gasteiger partial charge in [-0.1, -0.05) is 30.3 Å². The van der Waals surface area contributed by atoms with E-state index in [0.717, 1.165) is 13.0 Å². The molecule has 1 amide bonds. The van der Waals surface area contributed by atoms with Crippen molar-refractivity contribution in [2.45, 2.75) is 31.4 Å². The fourth-order valence-electron chi connectivity index (χ4n) is 2.83. The number of carbonyl (C=O) groups excluding carboxylic acids is 1. The van der Waals surface area contributed by atoms with E-state index < -0.39 is 0 Å². The van der Waals surface area contributed by atoms with E-state index in [1.807, 2.05) is 49.3 Å². The molecule has 2 atom stereocenters. The Labute approximate surface area is 121 Å².